The maximum atomic E-state index is 12.1. The van der Waals surface area contributed by atoms with E-state index in [0.29, 0.717) is 17.4 Å². The molecule has 0 aliphatic heterocycles. The van der Waals surface area contributed by atoms with Crippen LogP contribution in [0.1, 0.15) is 21.6 Å². The van der Waals surface area contributed by atoms with Crippen LogP contribution in [0.25, 0.3) is 0 Å². The number of rotatable bonds is 5. The molecule has 0 bridgehead atoms. The molecular formula is C19H17ClN4O. The molecule has 3 rings (SSSR count). The molecule has 2 aromatic carbocycles. The Morgan fingerprint density at radius 1 is 1.00 bits per heavy atom. The number of hydrogen-bond donors (Lipinski definition) is 2. The number of benzene rings is 2. The third-order valence-corrected chi connectivity index (χ3v) is 3.92. The molecule has 0 aliphatic rings. The van der Waals surface area contributed by atoms with Gasteiger partial charge in [-0.1, -0.05) is 41.9 Å². The summed E-state index contributed by atoms with van der Waals surface area (Å²) in [6.07, 6.45) is 0. The smallest absolute Gasteiger partial charge is 0.272 e. The molecule has 0 atom stereocenters. The molecule has 0 spiro atoms. The van der Waals surface area contributed by atoms with Crippen LogP contribution in [0.2, 0.25) is 5.02 Å². The Morgan fingerprint density at radius 3 is 2.44 bits per heavy atom. The Hall–Kier alpha value is -2.92. The second kappa shape index (κ2) is 7.77. The Kier molecular flexibility index (Phi) is 5.26. The zero-order valence-corrected chi connectivity index (χ0v) is 14.4. The van der Waals surface area contributed by atoms with E-state index in [4.69, 9.17) is 11.6 Å². The number of amides is 1. The summed E-state index contributed by atoms with van der Waals surface area (Å²) in [6, 6.07) is 18.6. The van der Waals surface area contributed by atoms with Crippen molar-refractivity contribution in [3.8, 4) is 0 Å². The number of aryl methyl sites for hydroxylation is 1. The van der Waals surface area contributed by atoms with Crippen LogP contribution < -0.4 is 10.6 Å². The standard InChI is InChI=1S/C19H17ClN4O/c1-13-4-2-3-5-16(13)22-18-11-10-17(23-24-18)19(25)21-12-14-6-8-15(20)9-7-14/h2-11H,12H2,1H3,(H,21,25)(H,22,24). The van der Waals surface area contributed by atoms with Gasteiger partial charge in [0.25, 0.3) is 5.91 Å². The predicted molar refractivity (Wildman–Crippen MR) is 99.1 cm³/mol. The Bertz CT molecular complexity index is 863. The minimum absolute atomic E-state index is 0.268. The van der Waals surface area contributed by atoms with E-state index in [0.717, 1.165) is 16.8 Å². The highest BCUT2D eigenvalue weighted by Crippen LogP contribution is 2.18. The number of hydrogen-bond acceptors (Lipinski definition) is 4. The molecule has 0 unspecified atom stereocenters. The quantitative estimate of drug-likeness (QED) is 0.725. The third kappa shape index (κ3) is 4.55. The molecule has 25 heavy (non-hydrogen) atoms. The molecule has 6 heteroatoms. The third-order valence-electron chi connectivity index (χ3n) is 3.67. The van der Waals surface area contributed by atoms with Crippen LogP contribution in [-0.2, 0) is 6.54 Å². The average Bonchev–Trinajstić information content (AvgIpc) is 2.63. The summed E-state index contributed by atoms with van der Waals surface area (Å²) in [7, 11) is 0. The van der Waals surface area contributed by atoms with Gasteiger partial charge in [0.05, 0.1) is 0 Å². The fourth-order valence-electron chi connectivity index (χ4n) is 2.25. The lowest BCUT2D eigenvalue weighted by Crippen LogP contribution is -2.24. The lowest BCUT2D eigenvalue weighted by atomic mass is 10.2. The number of halogens is 1. The number of nitrogens with one attached hydrogen (secondary N) is 2. The number of carbonyl (C=O) groups is 1. The molecule has 2 N–H and O–H groups in total. The van der Waals surface area contributed by atoms with E-state index in [1.165, 1.54) is 0 Å². The van der Waals surface area contributed by atoms with Crippen molar-refractivity contribution in [3.63, 3.8) is 0 Å². The second-order valence-electron chi connectivity index (χ2n) is 5.55. The summed E-state index contributed by atoms with van der Waals surface area (Å²) < 4.78 is 0. The number of para-hydroxylation sites is 1. The summed E-state index contributed by atoms with van der Waals surface area (Å²) in [5.74, 6) is 0.313. The lowest BCUT2D eigenvalue weighted by molar-refractivity contribution is 0.0945. The van der Waals surface area contributed by atoms with Crippen molar-refractivity contribution in [2.75, 3.05) is 5.32 Å². The Morgan fingerprint density at radius 2 is 1.76 bits per heavy atom. The zero-order valence-electron chi connectivity index (χ0n) is 13.7. The fourth-order valence-corrected chi connectivity index (χ4v) is 2.37. The number of nitrogens with zero attached hydrogens (tertiary/aromatic N) is 2. The van der Waals surface area contributed by atoms with Gasteiger partial charge in [-0.25, -0.2) is 0 Å². The molecule has 3 aromatic rings. The van der Waals surface area contributed by atoms with E-state index in [9.17, 15) is 4.79 Å². The number of aromatic nitrogens is 2. The predicted octanol–water partition coefficient (Wildman–Crippen LogP) is 4.11. The lowest BCUT2D eigenvalue weighted by Gasteiger charge is -2.08. The van der Waals surface area contributed by atoms with Crippen LogP contribution in [0.5, 0.6) is 0 Å². The van der Waals surface area contributed by atoms with Crippen molar-refractivity contribution in [2.24, 2.45) is 0 Å². The van der Waals surface area contributed by atoms with Gasteiger partial charge in [-0.2, -0.15) is 0 Å². The van der Waals surface area contributed by atoms with Gasteiger partial charge in [-0.3, -0.25) is 4.79 Å². The van der Waals surface area contributed by atoms with Crippen molar-refractivity contribution in [3.05, 3.63) is 82.5 Å². The van der Waals surface area contributed by atoms with E-state index >= 15 is 0 Å². The summed E-state index contributed by atoms with van der Waals surface area (Å²) in [5.41, 5.74) is 3.29. The van der Waals surface area contributed by atoms with Gasteiger partial charge in [0.1, 0.15) is 0 Å². The summed E-state index contributed by atoms with van der Waals surface area (Å²) in [5, 5.41) is 14.7. The van der Waals surface area contributed by atoms with Crippen LogP contribution >= 0.6 is 11.6 Å². The second-order valence-corrected chi connectivity index (χ2v) is 5.99. The van der Waals surface area contributed by atoms with Crippen LogP contribution in [0.4, 0.5) is 11.5 Å². The van der Waals surface area contributed by atoms with Crippen molar-refractivity contribution >= 4 is 29.0 Å². The molecule has 5 nitrogen and oxygen atoms in total. The molecule has 0 aliphatic carbocycles. The zero-order chi connectivity index (χ0) is 17.6. The van der Waals surface area contributed by atoms with Crippen molar-refractivity contribution in [1.29, 1.82) is 0 Å². The van der Waals surface area contributed by atoms with E-state index in [2.05, 4.69) is 20.8 Å². The molecule has 1 heterocycles. The first kappa shape index (κ1) is 16.9. The minimum atomic E-state index is -0.273. The minimum Gasteiger partial charge on any atom is -0.347 e. The van der Waals surface area contributed by atoms with E-state index in [-0.39, 0.29) is 11.6 Å². The van der Waals surface area contributed by atoms with Crippen LogP contribution in [0.3, 0.4) is 0 Å². The topological polar surface area (TPSA) is 66.9 Å². The molecule has 1 aromatic heterocycles. The van der Waals surface area contributed by atoms with Crippen molar-refractivity contribution in [2.45, 2.75) is 13.5 Å². The van der Waals surface area contributed by atoms with Gasteiger partial charge < -0.3 is 10.6 Å². The van der Waals surface area contributed by atoms with Gasteiger partial charge in [-0.05, 0) is 48.4 Å². The number of anilines is 2. The van der Waals surface area contributed by atoms with Gasteiger partial charge in [-0.15, -0.1) is 10.2 Å². The monoisotopic (exact) mass is 352 g/mol. The van der Waals surface area contributed by atoms with E-state index in [1.807, 2.05) is 43.3 Å². The summed E-state index contributed by atoms with van der Waals surface area (Å²) >= 11 is 5.84. The van der Waals surface area contributed by atoms with Crippen LogP contribution in [0, 0.1) is 6.92 Å². The van der Waals surface area contributed by atoms with Crippen LogP contribution in [-0.4, -0.2) is 16.1 Å². The molecule has 0 fully saturated rings. The molecule has 0 saturated carbocycles. The maximum absolute atomic E-state index is 12.1. The first-order chi connectivity index (χ1) is 12.1. The molecule has 0 saturated heterocycles. The van der Waals surface area contributed by atoms with Gasteiger partial charge in [0.15, 0.2) is 11.5 Å². The highest BCUT2D eigenvalue weighted by molar-refractivity contribution is 6.30. The average molecular weight is 353 g/mol. The normalized spacial score (nSPS) is 10.3. The van der Waals surface area contributed by atoms with E-state index in [1.54, 1.807) is 24.3 Å². The van der Waals surface area contributed by atoms with E-state index < -0.39 is 0 Å². The molecule has 0 radical (unpaired) electrons. The largest absolute Gasteiger partial charge is 0.347 e. The highest BCUT2D eigenvalue weighted by atomic mass is 35.5. The molecule has 126 valence electrons. The summed E-state index contributed by atoms with van der Waals surface area (Å²) in [6.45, 7) is 2.41. The first-order valence-corrected chi connectivity index (χ1v) is 8.18. The molecule has 1 amide bonds. The fraction of sp³-hybridized carbons (Fsp3) is 0.105. The molecular weight excluding hydrogens is 336 g/mol. The summed E-state index contributed by atoms with van der Waals surface area (Å²) in [4.78, 5) is 12.1. The van der Waals surface area contributed by atoms with Crippen LogP contribution in [0.15, 0.2) is 60.7 Å². The number of carbonyl (C=O) groups excluding carboxylic acids is 1. The van der Waals surface area contributed by atoms with Crippen molar-refractivity contribution < 1.29 is 4.79 Å². The maximum Gasteiger partial charge on any atom is 0.272 e. The van der Waals surface area contributed by atoms with Gasteiger partial charge >= 0.3 is 0 Å². The SMILES string of the molecule is Cc1ccccc1Nc1ccc(C(=O)NCc2ccc(Cl)cc2)nn1. The highest BCUT2D eigenvalue weighted by Gasteiger charge is 2.08. The van der Waals surface area contributed by atoms with Gasteiger partial charge in [0.2, 0.25) is 0 Å². The van der Waals surface area contributed by atoms with Gasteiger partial charge in [0, 0.05) is 17.3 Å². The Labute approximate surface area is 151 Å². The van der Waals surface area contributed by atoms with Crippen molar-refractivity contribution in [1.82, 2.24) is 15.5 Å². The first-order valence-electron chi connectivity index (χ1n) is 7.81. The Balaban J connectivity index is 1.60.